The molecule has 0 radical (unpaired) electrons. The average Bonchev–Trinajstić information content (AvgIpc) is 2.47. The third kappa shape index (κ3) is 4.98. The molecule has 1 aromatic rings. The van der Waals surface area contributed by atoms with Crippen LogP contribution in [0, 0.1) is 5.92 Å². The maximum Gasteiger partial charge on any atom is 0.416 e. The number of hydrogen-bond acceptors (Lipinski definition) is 3. The summed E-state index contributed by atoms with van der Waals surface area (Å²) in [6, 6.07) is 5.37. The molecular weight excluding hydrogens is 281 g/mol. The molecular formula is C15H21F3N2O. The van der Waals surface area contributed by atoms with Gasteiger partial charge in [0.1, 0.15) is 0 Å². The van der Waals surface area contributed by atoms with Crippen LogP contribution in [-0.2, 0) is 17.3 Å². The molecule has 3 N–H and O–H groups in total. The van der Waals surface area contributed by atoms with Crippen LogP contribution in [-0.4, -0.2) is 19.3 Å². The van der Waals surface area contributed by atoms with Crippen LogP contribution in [0.3, 0.4) is 0 Å². The Kier molecular flexibility index (Phi) is 5.61. The summed E-state index contributed by atoms with van der Waals surface area (Å²) in [5.41, 5.74) is 3.02. The second-order valence-electron chi connectivity index (χ2n) is 5.55. The normalized spacial score (nSPS) is 18.7. The van der Waals surface area contributed by atoms with Crippen molar-refractivity contribution in [2.75, 3.05) is 13.2 Å². The van der Waals surface area contributed by atoms with Gasteiger partial charge in [-0.1, -0.05) is 12.1 Å². The number of hydrazine groups is 1. The fraction of sp³-hybridized carbons (Fsp3) is 0.600. The van der Waals surface area contributed by atoms with Gasteiger partial charge in [-0.15, -0.1) is 0 Å². The predicted octanol–water partition coefficient (Wildman–Crippen LogP) is 2.90. The van der Waals surface area contributed by atoms with Gasteiger partial charge in [-0.2, -0.15) is 13.2 Å². The number of halogens is 3. The van der Waals surface area contributed by atoms with E-state index in [9.17, 15) is 13.2 Å². The van der Waals surface area contributed by atoms with Crippen molar-refractivity contribution >= 4 is 0 Å². The van der Waals surface area contributed by atoms with Crippen LogP contribution in [0.5, 0.6) is 0 Å². The number of alkyl halides is 3. The van der Waals surface area contributed by atoms with E-state index in [1.165, 1.54) is 12.1 Å². The highest BCUT2D eigenvalue weighted by Gasteiger charge is 2.30. The second-order valence-corrected chi connectivity index (χ2v) is 5.55. The average molecular weight is 302 g/mol. The summed E-state index contributed by atoms with van der Waals surface area (Å²) < 4.78 is 42.9. The van der Waals surface area contributed by atoms with Crippen molar-refractivity contribution in [1.82, 2.24) is 5.43 Å². The molecule has 1 aromatic carbocycles. The maximum absolute atomic E-state index is 12.5. The van der Waals surface area contributed by atoms with E-state index in [0.29, 0.717) is 12.3 Å². The highest BCUT2D eigenvalue weighted by molar-refractivity contribution is 5.25. The summed E-state index contributed by atoms with van der Waals surface area (Å²) in [7, 11) is 0. The molecule has 0 saturated carbocycles. The fourth-order valence-corrected chi connectivity index (χ4v) is 2.71. The summed E-state index contributed by atoms with van der Waals surface area (Å²) in [5, 5.41) is 0. The fourth-order valence-electron chi connectivity index (χ4n) is 2.71. The Morgan fingerprint density at radius 2 is 1.81 bits per heavy atom. The smallest absolute Gasteiger partial charge is 0.381 e. The first-order valence-electron chi connectivity index (χ1n) is 7.19. The number of rotatable bonds is 5. The molecule has 2 rings (SSSR count). The van der Waals surface area contributed by atoms with Crippen LogP contribution in [0.25, 0.3) is 0 Å². The van der Waals surface area contributed by atoms with E-state index in [2.05, 4.69) is 5.43 Å². The Morgan fingerprint density at radius 3 is 2.33 bits per heavy atom. The van der Waals surface area contributed by atoms with Crippen molar-refractivity contribution in [3.63, 3.8) is 0 Å². The number of nitrogens with one attached hydrogen (secondary N) is 1. The van der Waals surface area contributed by atoms with Gasteiger partial charge in [0.25, 0.3) is 0 Å². The second kappa shape index (κ2) is 7.24. The zero-order chi connectivity index (χ0) is 15.3. The Morgan fingerprint density at radius 1 is 1.19 bits per heavy atom. The van der Waals surface area contributed by atoms with E-state index in [0.717, 1.165) is 50.2 Å². The van der Waals surface area contributed by atoms with Crippen LogP contribution in [0.4, 0.5) is 13.2 Å². The van der Waals surface area contributed by atoms with Gasteiger partial charge >= 0.3 is 6.18 Å². The maximum atomic E-state index is 12.5. The van der Waals surface area contributed by atoms with E-state index < -0.39 is 11.7 Å². The lowest BCUT2D eigenvalue weighted by Gasteiger charge is -2.26. The van der Waals surface area contributed by atoms with Gasteiger partial charge in [-0.25, -0.2) is 0 Å². The molecule has 21 heavy (non-hydrogen) atoms. The summed E-state index contributed by atoms with van der Waals surface area (Å²) in [5.74, 6) is 6.14. The third-order valence-electron chi connectivity index (χ3n) is 3.96. The van der Waals surface area contributed by atoms with Crippen molar-refractivity contribution in [2.45, 2.75) is 37.9 Å². The minimum atomic E-state index is -4.29. The van der Waals surface area contributed by atoms with E-state index in [1.807, 2.05) is 0 Å². The zero-order valence-electron chi connectivity index (χ0n) is 11.8. The first kappa shape index (κ1) is 16.3. The standard InChI is InChI=1S/C15H21F3N2O/c16-15(17,18)13-3-1-11(2-4-13)9-14(20-19)10-12-5-7-21-8-6-12/h1-4,12,14,20H,5-10,19H2. The van der Waals surface area contributed by atoms with Crippen LogP contribution < -0.4 is 11.3 Å². The van der Waals surface area contributed by atoms with Crippen LogP contribution in [0.15, 0.2) is 24.3 Å². The van der Waals surface area contributed by atoms with Crippen molar-refractivity contribution in [3.05, 3.63) is 35.4 Å². The molecule has 3 nitrogen and oxygen atoms in total. The third-order valence-corrected chi connectivity index (χ3v) is 3.96. The molecule has 1 aliphatic heterocycles. The molecule has 1 atom stereocenters. The molecule has 0 aromatic heterocycles. The van der Waals surface area contributed by atoms with Gasteiger partial charge in [0, 0.05) is 19.3 Å². The molecule has 118 valence electrons. The molecule has 0 amide bonds. The number of benzene rings is 1. The van der Waals surface area contributed by atoms with Gasteiger partial charge in [-0.3, -0.25) is 11.3 Å². The van der Waals surface area contributed by atoms with Crippen LogP contribution >= 0.6 is 0 Å². The van der Waals surface area contributed by atoms with E-state index in [4.69, 9.17) is 10.6 Å². The first-order valence-corrected chi connectivity index (χ1v) is 7.19. The molecule has 0 bridgehead atoms. The lowest BCUT2D eigenvalue weighted by molar-refractivity contribution is -0.137. The molecule has 0 aliphatic carbocycles. The lowest BCUT2D eigenvalue weighted by Crippen LogP contribution is -2.39. The van der Waals surface area contributed by atoms with E-state index in [-0.39, 0.29) is 6.04 Å². The summed E-state index contributed by atoms with van der Waals surface area (Å²) in [6.45, 7) is 1.56. The number of hydrogen-bond donors (Lipinski definition) is 2. The molecule has 1 saturated heterocycles. The molecule has 1 unspecified atom stereocenters. The van der Waals surface area contributed by atoms with Gasteiger partial charge < -0.3 is 4.74 Å². The number of nitrogens with two attached hydrogens (primary N) is 1. The Balaban J connectivity index is 1.91. The first-order chi connectivity index (χ1) is 9.99. The summed E-state index contributed by atoms with van der Waals surface area (Å²) in [4.78, 5) is 0. The van der Waals surface area contributed by atoms with Crippen molar-refractivity contribution in [2.24, 2.45) is 11.8 Å². The Labute approximate surface area is 122 Å². The minimum absolute atomic E-state index is 0.0739. The largest absolute Gasteiger partial charge is 0.416 e. The molecule has 1 fully saturated rings. The summed E-state index contributed by atoms with van der Waals surface area (Å²) in [6.07, 6.45) is -0.699. The van der Waals surface area contributed by atoms with Gasteiger partial charge in [0.15, 0.2) is 0 Å². The van der Waals surface area contributed by atoms with Gasteiger partial charge in [-0.05, 0) is 49.3 Å². The highest BCUT2D eigenvalue weighted by Crippen LogP contribution is 2.29. The van der Waals surface area contributed by atoms with Gasteiger partial charge in [0.05, 0.1) is 5.56 Å². The quantitative estimate of drug-likeness (QED) is 0.649. The SMILES string of the molecule is NNC(Cc1ccc(C(F)(F)F)cc1)CC1CCOCC1. The Hall–Kier alpha value is -1.11. The predicted molar refractivity (Wildman–Crippen MR) is 74.4 cm³/mol. The molecule has 0 spiro atoms. The van der Waals surface area contributed by atoms with Gasteiger partial charge in [0.2, 0.25) is 0 Å². The topological polar surface area (TPSA) is 47.3 Å². The molecule has 1 aliphatic rings. The van der Waals surface area contributed by atoms with Crippen LogP contribution in [0.1, 0.15) is 30.4 Å². The number of ether oxygens (including phenoxy) is 1. The van der Waals surface area contributed by atoms with E-state index in [1.54, 1.807) is 0 Å². The Bertz CT molecular complexity index is 428. The van der Waals surface area contributed by atoms with Crippen molar-refractivity contribution < 1.29 is 17.9 Å². The lowest BCUT2D eigenvalue weighted by atomic mass is 9.90. The van der Waals surface area contributed by atoms with Crippen LogP contribution in [0.2, 0.25) is 0 Å². The summed E-state index contributed by atoms with van der Waals surface area (Å²) >= 11 is 0. The molecule has 1 heterocycles. The van der Waals surface area contributed by atoms with E-state index >= 15 is 0 Å². The minimum Gasteiger partial charge on any atom is -0.381 e. The highest BCUT2D eigenvalue weighted by atomic mass is 19.4. The zero-order valence-corrected chi connectivity index (χ0v) is 11.8. The van der Waals surface area contributed by atoms with Crippen molar-refractivity contribution in [3.8, 4) is 0 Å². The van der Waals surface area contributed by atoms with Crippen molar-refractivity contribution in [1.29, 1.82) is 0 Å². The molecule has 6 heteroatoms. The monoisotopic (exact) mass is 302 g/mol.